The summed E-state index contributed by atoms with van der Waals surface area (Å²) in [7, 11) is 1.72. The minimum atomic E-state index is -0.432. The number of fused-ring (bicyclic) bond motifs is 1. The van der Waals surface area contributed by atoms with Gasteiger partial charge >= 0.3 is 0 Å². The topological polar surface area (TPSA) is 98.0 Å². The predicted octanol–water partition coefficient (Wildman–Crippen LogP) is 1.42. The molecule has 136 valence electrons. The Bertz CT molecular complexity index is 820. The fourth-order valence-electron chi connectivity index (χ4n) is 2.66. The summed E-state index contributed by atoms with van der Waals surface area (Å²) in [5.41, 5.74) is 7.92. The molecule has 1 aliphatic rings. The second kappa shape index (κ2) is 8.24. The minimum absolute atomic E-state index is 0.282. The molecule has 0 saturated carbocycles. The number of hydrogen-bond donors (Lipinski definition) is 3. The van der Waals surface area contributed by atoms with E-state index in [4.69, 9.17) is 15.2 Å². The highest BCUT2D eigenvalue weighted by Crippen LogP contribution is 2.32. The number of primary amides is 1. The molecule has 2 aromatic carbocycles. The largest absolute Gasteiger partial charge is 0.454 e. The predicted molar refractivity (Wildman–Crippen MR) is 99.4 cm³/mol. The third kappa shape index (κ3) is 4.44. The molecule has 0 atom stereocenters. The van der Waals surface area contributed by atoms with E-state index in [2.05, 4.69) is 15.6 Å². The Balaban J connectivity index is 1.48. The molecule has 7 nitrogen and oxygen atoms in total. The number of benzene rings is 2. The highest BCUT2D eigenvalue weighted by molar-refractivity contribution is 5.92. The van der Waals surface area contributed by atoms with Crippen LogP contribution in [-0.2, 0) is 13.0 Å². The number of carbonyl (C=O) groups excluding carboxylic acids is 1. The van der Waals surface area contributed by atoms with E-state index in [1.54, 1.807) is 19.2 Å². The molecule has 0 saturated heterocycles. The maximum atomic E-state index is 11.2. The van der Waals surface area contributed by atoms with Gasteiger partial charge in [0.05, 0.1) is 0 Å². The third-order valence-electron chi connectivity index (χ3n) is 4.04. The molecule has 0 unspecified atom stereocenters. The molecule has 0 spiro atoms. The van der Waals surface area contributed by atoms with Crippen molar-refractivity contribution in [2.24, 2.45) is 10.7 Å². The van der Waals surface area contributed by atoms with Crippen LogP contribution in [0.3, 0.4) is 0 Å². The first-order chi connectivity index (χ1) is 12.7. The van der Waals surface area contributed by atoms with Gasteiger partial charge in [-0.25, -0.2) is 0 Å². The summed E-state index contributed by atoms with van der Waals surface area (Å²) in [6.07, 6.45) is 0.828. The molecule has 1 amide bonds. The number of rotatable bonds is 6. The Kier molecular flexibility index (Phi) is 5.58. The van der Waals surface area contributed by atoms with Crippen molar-refractivity contribution < 1.29 is 14.3 Å². The van der Waals surface area contributed by atoms with Crippen molar-refractivity contribution in [3.8, 4) is 11.5 Å². The van der Waals surface area contributed by atoms with Crippen LogP contribution in [0.15, 0.2) is 47.5 Å². The van der Waals surface area contributed by atoms with Gasteiger partial charge in [0.25, 0.3) is 0 Å². The zero-order valence-corrected chi connectivity index (χ0v) is 14.6. The zero-order valence-electron chi connectivity index (χ0n) is 14.6. The maximum Gasteiger partial charge on any atom is 0.248 e. The van der Waals surface area contributed by atoms with Crippen molar-refractivity contribution >= 4 is 11.9 Å². The second-order valence-corrected chi connectivity index (χ2v) is 5.85. The number of ether oxygens (including phenoxy) is 2. The molecular weight excluding hydrogens is 332 g/mol. The number of nitrogens with two attached hydrogens (primary N) is 1. The van der Waals surface area contributed by atoms with Crippen LogP contribution >= 0.6 is 0 Å². The molecule has 0 aromatic heterocycles. The average Bonchev–Trinajstić information content (AvgIpc) is 3.12. The molecule has 0 fully saturated rings. The maximum absolute atomic E-state index is 11.2. The Labute approximate surface area is 152 Å². The SMILES string of the molecule is CN=C(NCCc1ccc2c(c1)OCO2)NCc1cccc(C(N)=O)c1. The Morgan fingerprint density at radius 1 is 1.12 bits per heavy atom. The number of guanidine groups is 1. The molecule has 1 heterocycles. The van der Waals surface area contributed by atoms with E-state index in [-0.39, 0.29) is 6.79 Å². The van der Waals surface area contributed by atoms with E-state index in [0.717, 1.165) is 35.6 Å². The van der Waals surface area contributed by atoms with Gasteiger partial charge in [-0.1, -0.05) is 18.2 Å². The van der Waals surface area contributed by atoms with Gasteiger partial charge in [0.1, 0.15) is 0 Å². The monoisotopic (exact) mass is 354 g/mol. The third-order valence-corrected chi connectivity index (χ3v) is 4.04. The quantitative estimate of drug-likeness (QED) is 0.538. The average molecular weight is 354 g/mol. The van der Waals surface area contributed by atoms with E-state index in [0.29, 0.717) is 18.1 Å². The summed E-state index contributed by atoms with van der Waals surface area (Å²) in [5.74, 6) is 1.84. The van der Waals surface area contributed by atoms with Crippen LogP contribution in [0.4, 0.5) is 0 Å². The molecule has 26 heavy (non-hydrogen) atoms. The standard InChI is InChI=1S/C19H22N4O3/c1-21-19(23-11-14-3-2-4-15(9-14)18(20)24)22-8-7-13-5-6-16-17(10-13)26-12-25-16/h2-6,9-10H,7-8,11-12H2,1H3,(H2,20,24)(H2,21,22,23). The van der Waals surface area contributed by atoms with E-state index in [1.165, 1.54) is 0 Å². The van der Waals surface area contributed by atoms with Gasteiger partial charge in [-0.15, -0.1) is 0 Å². The van der Waals surface area contributed by atoms with Gasteiger partial charge in [0.15, 0.2) is 17.5 Å². The highest BCUT2D eigenvalue weighted by atomic mass is 16.7. The lowest BCUT2D eigenvalue weighted by molar-refractivity contribution is 0.1000. The molecule has 7 heteroatoms. The molecular formula is C19H22N4O3. The van der Waals surface area contributed by atoms with Crippen LogP contribution in [0.1, 0.15) is 21.5 Å². The number of carbonyl (C=O) groups is 1. The summed E-state index contributed by atoms with van der Waals surface area (Å²) in [4.78, 5) is 15.5. The second-order valence-electron chi connectivity index (χ2n) is 5.85. The lowest BCUT2D eigenvalue weighted by Gasteiger charge is -2.12. The zero-order chi connectivity index (χ0) is 18.4. The Morgan fingerprint density at radius 2 is 1.96 bits per heavy atom. The Hall–Kier alpha value is -3.22. The molecule has 0 bridgehead atoms. The number of nitrogens with zero attached hydrogens (tertiary/aromatic N) is 1. The van der Waals surface area contributed by atoms with Gasteiger partial charge in [0, 0.05) is 25.7 Å². The fraction of sp³-hybridized carbons (Fsp3) is 0.263. The van der Waals surface area contributed by atoms with Gasteiger partial charge in [-0.3, -0.25) is 9.79 Å². The van der Waals surface area contributed by atoms with Crippen LogP contribution < -0.4 is 25.8 Å². The molecule has 3 rings (SSSR count). The van der Waals surface area contributed by atoms with Gasteiger partial charge < -0.3 is 25.8 Å². The van der Waals surface area contributed by atoms with Crippen molar-refractivity contribution in [1.82, 2.24) is 10.6 Å². The van der Waals surface area contributed by atoms with Crippen LogP contribution in [0.25, 0.3) is 0 Å². The van der Waals surface area contributed by atoms with E-state index in [1.807, 2.05) is 30.3 Å². The Morgan fingerprint density at radius 3 is 2.77 bits per heavy atom. The van der Waals surface area contributed by atoms with E-state index in [9.17, 15) is 4.79 Å². The summed E-state index contributed by atoms with van der Waals surface area (Å²) >= 11 is 0. The van der Waals surface area contributed by atoms with E-state index < -0.39 is 5.91 Å². The van der Waals surface area contributed by atoms with Crippen molar-refractivity contribution in [2.75, 3.05) is 20.4 Å². The van der Waals surface area contributed by atoms with Crippen molar-refractivity contribution in [3.05, 3.63) is 59.2 Å². The number of nitrogens with one attached hydrogen (secondary N) is 2. The molecule has 0 aliphatic carbocycles. The summed E-state index contributed by atoms with van der Waals surface area (Å²) < 4.78 is 10.7. The van der Waals surface area contributed by atoms with Crippen LogP contribution in [-0.4, -0.2) is 32.3 Å². The first-order valence-corrected chi connectivity index (χ1v) is 8.37. The van der Waals surface area contributed by atoms with Crippen LogP contribution in [0.2, 0.25) is 0 Å². The first-order valence-electron chi connectivity index (χ1n) is 8.37. The van der Waals surface area contributed by atoms with Gasteiger partial charge in [-0.2, -0.15) is 0 Å². The summed E-state index contributed by atoms with van der Waals surface area (Å²) in [5, 5.41) is 6.49. The van der Waals surface area contributed by atoms with Gasteiger partial charge in [-0.05, 0) is 41.8 Å². The smallest absolute Gasteiger partial charge is 0.248 e. The van der Waals surface area contributed by atoms with Gasteiger partial charge in [0.2, 0.25) is 12.7 Å². The summed E-state index contributed by atoms with van der Waals surface area (Å²) in [6.45, 7) is 1.55. The number of aliphatic imine (C=N–C) groups is 1. The van der Waals surface area contributed by atoms with Crippen LogP contribution in [0, 0.1) is 0 Å². The summed E-state index contributed by atoms with van der Waals surface area (Å²) in [6, 6.07) is 13.2. The molecule has 1 aliphatic heterocycles. The lowest BCUT2D eigenvalue weighted by Crippen LogP contribution is -2.37. The van der Waals surface area contributed by atoms with Crippen molar-refractivity contribution in [1.29, 1.82) is 0 Å². The highest BCUT2D eigenvalue weighted by Gasteiger charge is 2.13. The van der Waals surface area contributed by atoms with Crippen molar-refractivity contribution in [3.63, 3.8) is 0 Å². The number of amides is 1. The lowest BCUT2D eigenvalue weighted by atomic mass is 10.1. The molecule has 2 aromatic rings. The number of hydrogen-bond acceptors (Lipinski definition) is 4. The fourth-order valence-corrected chi connectivity index (χ4v) is 2.66. The van der Waals surface area contributed by atoms with Crippen LogP contribution in [0.5, 0.6) is 11.5 Å². The minimum Gasteiger partial charge on any atom is -0.454 e. The van der Waals surface area contributed by atoms with E-state index >= 15 is 0 Å². The van der Waals surface area contributed by atoms with Crippen molar-refractivity contribution in [2.45, 2.75) is 13.0 Å². The molecule has 4 N–H and O–H groups in total. The molecule has 0 radical (unpaired) electrons. The first kappa shape index (κ1) is 17.6. The normalized spacial score (nSPS) is 12.7.